The number of hydrogen-bond donors (Lipinski definition) is 2. The molecule has 2 atom stereocenters. The summed E-state index contributed by atoms with van der Waals surface area (Å²) in [5, 5.41) is 6.67. The highest BCUT2D eigenvalue weighted by Gasteiger charge is 2.57. The number of benzene rings is 1. The van der Waals surface area contributed by atoms with Gasteiger partial charge in [0.05, 0.1) is 0 Å². The number of halogens is 1. The average Bonchev–Trinajstić information content (AvgIpc) is 3.26. The van der Waals surface area contributed by atoms with E-state index in [1.54, 1.807) is 0 Å². The first-order chi connectivity index (χ1) is 10.8. The van der Waals surface area contributed by atoms with Crippen LogP contribution in [0.1, 0.15) is 49.1 Å². The average molecular weight is 335 g/mol. The molecule has 0 radical (unpaired) electrons. The van der Waals surface area contributed by atoms with Crippen molar-refractivity contribution in [3.63, 3.8) is 0 Å². The minimum Gasteiger partial charge on any atom is -0.355 e. The Morgan fingerprint density at radius 1 is 1.26 bits per heavy atom. The molecular formula is C19H27ClN2O. The summed E-state index contributed by atoms with van der Waals surface area (Å²) in [7, 11) is 0. The van der Waals surface area contributed by atoms with Crippen molar-refractivity contribution in [1.29, 1.82) is 0 Å². The van der Waals surface area contributed by atoms with Crippen LogP contribution in [-0.4, -0.2) is 25.5 Å². The highest BCUT2D eigenvalue weighted by atomic mass is 35.5. The number of piperidine rings is 1. The van der Waals surface area contributed by atoms with Crippen molar-refractivity contribution in [1.82, 2.24) is 10.6 Å². The molecule has 4 rings (SSSR count). The molecule has 126 valence electrons. The maximum atomic E-state index is 12.5. The molecule has 1 aliphatic heterocycles. The Morgan fingerprint density at radius 3 is 2.87 bits per heavy atom. The molecule has 4 heteroatoms. The zero-order valence-corrected chi connectivity index (χ0v) is 14.5. The molecule has 3 nitrogen and oxygen atoms in total. The summed E-state index contributed by atoms with van der Waals surface area (Å²) in [6, 6.07) is 8.75. The van der Waals surface area contributed by atoms with Crippen molar-refractivity contribution in [2.24, 2.45) is 11.3 Å². The van der Waals surface area contributed by atoms with Crippen LogP contribution in [0.2, 0.25) is 0 Å². The predicted molar refractivity (Wildman–Crippen MR) is 95.0 cm³/mol. The number of hydrogen-bond acceptors (Lipinski definition) is 2. The lowest BCUT2D eigenvalue weighted by Gasteiger charge is -2.26. The SMILES string of the molecule is Cl.O=C(NCC1CCCc2ccccc21)C1CC12CCNCC2. The van der Waals surface area contributed by atoms with Crippen molar-refractivity contribution in [2.45, 2.75) is 44.4 Å². The van der Waals surface area contributed by atoms with Gasteiger partial charge in [0.15, 0.2) is 0 Å². The molecule has 1 aromatic rings. The van der Waals surface area contributed by atoms with E-state index in [0.717, 1.165) is 26.1 Å². The number of aryl methyl sites for hydroxylation is 1. The smallest absolute Gasteiger partial charge is 0.223 e. The van der Waals surface area contributed by atoms with E-state index in [4.69, 9.17) is 0 Å². The molecule has 1 amide bonds. The highest BCUT2D eigenvalue weighted by molar-refractivity contribution is 5.85. The van der Waals surface area contributed by atoms with Gasteiger partial charge in [0.25, 0.3) is 0 Å². The summed E-state index contributed by atoms with van der Waals surface area (Å²) in [5.41, 5.74) is 3.29. The Bertz CT molecular complexity index is 568. The second-order valence-corrected chi connectivity index (χ2v) is 7.40. The Morgan fingerprint density at radius 2 is 2.04 bits per heavy atom. The number of nitrogens with one attached hydrogen (secondary N) is 2. The van der Waals surface area contributed by atoms with Crippen LogP contribution >= 0.6 is 12.4 Å². The predicted octanol–water partition coefficient (Wildman–Crippen LogP) is 3.03. The number of carbonyl (C=O) groups excluding carboxylic acids is 1. The standard InChI is InChI=1S/C19H26N2O.ClH/c22-18(17-12-19(17)8-10-20-11-9-19)21-13-15-6-3-5-14-4-1-2-7-16(14)15;/h1-2,4,7,15,17,20H,3,5-6,8-13H2,(H,21,22);1H. The zero-order valence-electron chi connectivity index (χ0n) is 13.6. The molecule has 0 bridgehead atoms. The Kier molecular flexibility index (Phi) is 4.98. The molecule has 3 aliphatic rings. The first-order valence-corrected chi connectivity index (χ1v) is 8.85. The van der Waals surface area contributed by atoms with E-state index in [1.165, 1.54) is 43.2 Å². The summed E-state index contributed by atoms with van der Waals surface area (Å²) in [4.78, 5) is 12.5. The van der Waals surface area contributed by atoms with Gasteiger partial charge in [-0.05, 0) is 68.2 Å². The van der Waals surface area contributed by atoms with Crippen LogP contribution in [0, 0.1) is 11.3 Å². The third-order valence-corrected chi connectivity index (χ3v) is 6.12. The van der Waals surface area contributed by atoms with E-state index in [2.05, 4.69) is 34.9 Å². The van der Waals surface area contributed by atoms with Crippen LogP contribution in [0.15, 0.2) is 24.3 Å². The number of amides is 1. The Labute approximate surface area is 145 Å². The largest absolute Gasteiger partial charge is 0.355 e. The topological polar surface area (TPSA) is 41.1 Å². The lowest BCUT2D eigenvalue weighted by atomic mass is 9.83. The molecular weight excluding hydrogens is 308 g/mol. The lowest BCUT2D eigenvalue weighted by molar-refractivity contribution is -0.123. The molecule has 2 fully saturated rings. The van der Waals surface area contributed by atoms with Gasteiger partial charge < -0.3 is 10.6 Å². The van der Waals surface area contributed by atoms with Crippen LogP contribution < -0.4 is 10.6 Å². The minimum atomic E-state index is 0. The van der Waals surface area contributed by atoms with Crippen molar-refractivity contribution < 1.29 is 4.79 Å². The second kappa shape index (κ2) is 6.82. The molecule has 1 saturated carbocycles. The monoisotopic (exact) mass is 334 g/mol. The molecule has 1 saturated heterocycles. The van der Waals surface area contributed by atoms with Crippen LogP contribution in [-0.2, 0) is 11.2 Å². The third-order valence-electron chi connectivity index (χ3n) is 6.12. The fraction of sp³-hybridized carbons (Fsp3) is 0.632. The van der Waals surface area contributed by atoms with E-state index in [1.807, 2.05) is 0 Å². The maximum Gasteiger partial charge on any atom is 0.223 e. The summed E-state index contributed by atoms with van der Waals surface area (Å²) in [5.74, 6) is 1.11. The Balaban J connectivity index is 0.00000156. The van der Waals surface area contributed by atoms with E-state index >= 15 is 0 Å². The molecule has 0 aromatic heterocycles. The fourth-order valence-electron chi connectivity index (χ4n) is 4.61. The van der Waals surface area contributed by atoms with Gasteiger partial charge >= 0.3 is 0 Å². The van der Waals surface area contributed by atoms with Crippen LogP contribution in [0.4, 0.5) is 0 Å². The van der Waals surface area contributed by atoms with Crippen molar-refractivity contribution in [3.8, 4) is 0 Å². The summed E-state index contributed by atoms with van der Waals surface area (Å²) in [6.45, 7) is 2.99. The van der Waals surface area contributed by atoms with Crippen molar-refractivity contribution >= 4 is 18.3 Å². The van der Waals surface area contributed by atoms with Gasteiger partial charge in [-0.2, -0.15) is 0 Å². The van der Waals surface area contributed by atoms with Crippen LogP contribution in [0.25, 0.3) is 0 Å². The van der Waals surface area contributed by atoms with Crippen LogP contribution in [0.3, 0.4) is 0 Å². The molecule has 2 unspecified atom stereocenters. The van der Waals surface area contributed by atoms with Gasteiger partial charge in [0.1, 0.15) is 0 Å². The third kappa shape index (κ3) is 3.27. The van der Waals surface area contributed by atoms with Crippen LogP contribution in [0.5, 0.6) is 0 Å². The Hall–Kier alpha value is -1.06. The zero-order chi connectivity index (χ0) is 15.0. The van der Waals surface area contributed by atoms with Gasteiger partial charge in [-0.1, -0.05) is 24.3 Å². The molecule has 2 N–H and O–H groups in total. The number of carbonyl (C=O) groups is 1. The van der Waals surface area contributed by atoms with Crippen molar-refractivity contribution in [3.05, 3.63) is 35.4 Å². The highest BCUT2D eigenvalue weighted by Crippen LogP contribution is 2.58. The fourth-order valence-corrected chi connectivity index (χ4v) is 4.61. The van der Waals surface area contributed by atoms with Gasteiger partial charge in [0, 0.05) is 18.4 Å². The van der Waals surface area contributed by atoms with E-state index < -0.39 is 0 Å². The quantitative estimate of drug-likeness (QED) is 0.892. The summed E-state index contributed by atoms with van der Waals surface area (Å²) in [6.07, 6.45) is 7.11. The van der Waals surface area contributed by atoms with E-state index in [0.29, 0.717) is 17.2 Å². The number of rotatable bonds is 3. The molecule has 23 heavy (non-hydrogen) atoms. The number of fused-ring (bicyclic) bond motifs is 1. The molecule has 1 aromatic carbocycles. The van der Waals surface area contributed by atoms with E-state index in [9.17, 15) is 4.79 Å². The normalized spacial score (nSPS) is 27.7. The van der Waals surface area contributed by atoms with Gasteiger partial charge in [-0.25, -0.2) is 0 Å². The van der Waals surface area contributed by atoms with Gasteiger partial charge in [0.2, 0.25) is 5.91 Å². The first kappa shape index (κ1) is 16.8. The van der Waals surface area contributed by atoms with Gasteiger partial charge in [-0.3, -0.25) is 4.79 Å². The molecule has 1 heterocycles. The molecule has 1 spiro atoms. The molecule has 2 aliphatic carbocycles. The van der Waals surface area contributed by atoms with E-state index in [-0.39, 0.29) is 18.3 Å². The first-order valence-electron chi connectivity index (χ1n) is 8.85. The second-order valence-electron chi connectivity index (χ2n) is 7.40. The van der Waals surface area contributed by atoms with Crippen molar-refractivity contribution in [2.75, 3.05) is 19.6 Å². The summed E-state index contributed by atoms with van der Waals surface area (Å²) < 4.78 is 0. The maximum absolute atomic E-state index is 12.5. The lowest BCUT2D eigenvalue weighted by Crippen LogP contribution is -2.35. The summed E-state index contributed by atoms with van der Waals surface area (Å²) >= 11 is 0. The van der Waals surface area contributed by atoms with Gasteiger partial charge in [-0.15, -0.1) is 12.4 Å². The minimum absolute atomic E-state index is 0.